The molecule has 2 aromatic carbocycles. The van der Waals surface area contributed by atoms with Crippen molar-refractivity contribution < 1.29 is 14.3 Å². The number of benzene rings is 2. The summed E-state index contributed by atoms with van der Waals surface area (Å²) >= 11 is 1.57. The molecule has 35 heavy (non-hydrogen) atoms. The van der Waals surface area contributed by atoms with E-state index in [4.69, 9.17) is 4.74 Å². The van der Waals surface area contributed by atoms with E-state index in [1.807, 2.05) is 79.0 Å². The van der Waals surface area contributed by atoms with Crippen molar-refractivity contribution in [2.24, 2.45) is 0 Å². The Morgan fingerprint density at radius 3 is 2.54 bits per heavy atom. The summed E-state index contributed by atoms with van der Waals surface area (Å²) in [4.78, 5) is 30.1. The molecule has 4 aromatic rings. The lowest BCUT2D eigenvalue weighted by Gasteiger charge is -2.43. The Morgan fingerprint density at radius 1 is 1.14 bits per heavy atom. The van der Waals surface area contributed by atoms with Crippen LogP contribution in [0.15, 0.2) is 72.1 Å². The van der Waals surface area contributed by atoms with Crippen molar-refractivity contribution in [2.75, 3.05) is 12.0 Å². The van der Waals surface area contributed by atoms with Gasteiger partial charge in [0, 0.05) is 12.2 Å². The predicted octanol–water partition coefficient (Wildman–Crippen LogP) is 4.66. The summed E-state index contributed by atoms with van der Waals surface area (Å²) in [5.41, 5.74) is 2.71. The average Bonchev–Trinajstić information content (AvgIpc) is 3.54. The Hall–Kier alpha value is -3.91. The number of amides is 2. The highest BCUT2D eigenvalue weighted by molar-refractivity contribution is 7.13. The SMILES string of the molecule is COc1ccc(CNC(=O)[C@]2(C)Cn3nc(-c4cccs4)cc3C(=O)N2c2ccc(C)cc2)cc1. The summed E-state index contributed by atoms with van der Waals surface area (Å²) in [6.07, 6.45) is 0. The Kier molecular flexibility index (Phi) is 5.90. The lowest BCUT2D eigenvalue weighted by Crippen LogP contribution is -2.64. The molecule has 5 rings (SSSR count). The van der Waals surface area contributed by atoms with Gasteiger partial charge in [0.05, 0.1) is 18.5 Å². The molecular weight excluding hydrogens is 460 g/mol. The van der Waals surface area contributed by atoms with E-state index in [9.17, 15) is 9.59 Å². The summed E-state index contributed by atoms with van der Waals surface area (Å²) < 4.78 is 6.87. The number of fused-ring (bicyclic) bond motifs is 1. The molecule has 0 spiro atoms. The summed E-state index contributed by atoms with van der Waals surface area (Å²) in [6, 6.07) is 20.9. The van der Waals surface area contributed by atoms with E-state index in [2.05, 4.69) is 10.4 Å². The van der Waals surface area contributed by atoms with Crippen molar-refractivity contribution in [1.82, 2.24) is 15.1 Å². The van der Waals surface area contributed by atoms with Crippen LogP contribution in [-0.2, 0) is 17.9 Å². The number of hydrogen-bond acceptors (Lipinski definition) is 5. The molecule has 0 saturated carbocycles. The predicted molar refractivity (Wildman–Crippen MR) is 137 cm³/mol. The van der Waals surface area contributed by atoms with Gasteiger partial charge in [-0.2, -0.15) is 5.10 Å². The number of aryl methyl sites for hydroxylation is 1. The third-order valence-corrected chi connectivity index (χ3v) is 7.21. The molecule has 8 heteroatoms. The second-order valence-corrected chi connectivity index (χ2v) is 9.78. The maximum atomic E-state index is 13.8. The number of carbonyl (C=O) groups is 2. The summed E-state index contributed by atoms with van der Waals surface area (Å²) in [6.45, 7) is 4.36. The largest absolute Gasteiger partial charge is 0.497 e. The van der Waals surface area contributed by atoms with Gasteiger partial charge in [0.15, 0.2) is 0 Å². The molecule has 1 N–H and O–H groups in total. The van der Waals surface area contributed by atoms with E-state index in [0.29, 0.717) is 17.9 Å². The molecule has 0 bridgehead atoms. The number of aromatic nitrogens is 2. The van der Waals surface area contributed by atoms with Crippen molar-refractivity contribution >= 4 is 28.8 Å². The number of nitrogens with zero attached hydrogens (tertiary/aromatic N) is 3. The van der Waals surface area contributed by atoms with Crippen LogP contribution < -0.4 is 15.0 Å². The molecule has 2 amide bonds. The van der Waals surface area contributed by atoms with Gasteiger partial charge in [-0.1, -0.05) is 35.9 Å². The third kappa shape index (κ3) is 4.21. The fraction of sp³-hybridized carbons (Fsp3) is 0.222. The van der Waals surface area contributed by atoms with E-state index in [1.165, 1.54) is 0 Å². The van der Waals surface area contributed by atoms with Gasteiger partial charge >= 0.3 is 0 Å². The zero-order valence-electron chi connectivity index (χ0n) is 19.8. The highest BCUT2D eigenvalue weighted by atomic mass is 32.1. The fourth-order valence-electron chi connectivity index (χ4n) is 4.34. The number of hydrogen-bond donors (Lipinski definition) is 1. The van der Waals surface area contributed by atoms with Gasteiger partial charge in [-0.15, -0.1) is 11.3 Å². The molecule has 1 atom stereocenters. The highest BCUT2D eigenvalue weighted by Gasteiger charge is 2.48. The normalized spacial score (nSPS) is 17.2. The monoisotopic (exact) mass is 486 g/mol. The van der Waals surface area contributed by atoms with Gasteiger partial charge in [-0.3, -0.25) is 19.2 Å². The highest BCUT2D eigenvalue weighted by Crippen LogP contribution is 2.35. The summed E-state index contributed by atoms with van der Waals surface area (Å²) in [5, 5.41) is 9.69. The summed E-state index contributed by atoms with van der Waals surface area (Å²) in [7, 11) is 1.62. The number of ether oxygens (including phenoxy) is 1. The molecule has 0 aliphatic carbocycles. The first kappa shape index (κ1) is 22.9. The van der Waals surface area contributed by atoms with Crippen LogP contribution in [0.4, 0.5) is 5.69 Å². The molecule has 0 fully saturated rings. The minimum absolute atomic E-state index is 0.238. The van der Waals surface area contributed by atoms with Gasteiger partial charge in [0.2, 0.25) is 5.91 Å². The standard InChI is InChI=1S/C27H26N4O3S/c1-18-6-10-20(11-7-18)31-25(32)23-15-22(24-5-4-14-35-24)29-30(23)17-27(31,2)26(33)28-16-19-8-12-21(34-3)13-9-19/h4-15H,16-17H2,1-3H3,(H,28,33)/t27-/m0/s1. The Balaban J connectivity index is 1.50. The van der Waals surface area contributed by atoms with Crippen molar-refractivity contribution in [3.05, 3.63) is 88.9 Å². The zero-order chi connectivity index (χ0) is 24.6. The van der Waals surface area contributed by atoms with Crippen LogP contribution in [0, 0.1) is 6.92 Å². The lowest BCUT2D eigenvalue weighted by molar-refractivity contribution is -0.126. The molecule has 1 aliphatic heterocycles. The Morgan fingerprint density at radius 2 is 1.89 bits per heavy atom. The molecule has 7 nitrogen and oxygen atoms in total. The quantitative estimate of drug-likeness (QED) is 0.430. The molecular formula is C27H26N4O3S. The van der Waals surface area contributed by atoms with Crippen molar-refractivity contribution in [3.63, 3.8) is 0 Å². The van der Waals surface area contributed by atoms with Crippen LogP contribution in [0.5, 0.6) is 5.75 Å². The van der Waals surface area contributed by atoms with Gasteiger partial charge in [-0.05, 0) is 61.2 Å². The molecule has 0 saturated heterocycles. The minimum Gasteiger partial charge on any atom is -0.497 e. The molecule has 0 unspecified atom stereocenters. The first-order valence-electron chi connectivity index (χ1n) is 11.3. The topological polar surface area (TPSA) is 76.5 Å². The van der Waals surface area contributed by atoms with Gasteiger partial charge in [-0.25, -0.2) is 0 Å². The fourth-order valence-corrected chi connectivity index (χ4v) is 5.02. The van der Waals surface area contributed by atoms with Crippen LogP contribution in [-0.4, -0.2) is 34.2 Å². The van der Waals surface area contributed by atoms with Crippen molar-refractivity contribution in [1.29, 1.82) is 0 Å². The second-order valence-electron chi connectivity index (χ2n) is 8.83. The third-order valence-electron chi connectivity index (χ3n) is 6.32. The maximum absolute atomic E-state index is 13.8. The first-order chi connectivity index (χ1) is 16.9. The van der Waals surface area contributed by atoms with E-state index in [1.54, 1.807) is 35.0 Å². The van der Waals surface area contributed by atoms with Crippen LogP contribution in [0.1, 0.15) is 28.5 Å². The number of nitrogens with one attached hydrogen (secondary N) is 1. The average molecular weight is 487 g/mol. The molecule has 2 aromatic heterocycles. The Bertz CT molecular complexity index is 1360. The molecule has 3 heterocycles. The zero-order valence-corrected chi connectivity index (χ0v) is 20.6. The Labute approximate surface area is 208 Å². The van der Waals surface area contributed by atoms with Crippen LogP contribution in [0.25, 0.3) is 10.6 Å². The van der Waals surface area contributed by atoms with Crippen LogP contribution in [0.3, 0.4) is 0 Å². The number of methoxy groups -OCH3 is 1. The van der Waals surface area contributed by atoms with Gasteiger partial charge in [0.25, 0.3) is 5.91 Å². The van der Waals surface area contributed by atoms with E-state index >= 15 is 0 Å². The first-order valence-corrected chi connectivity index (χ1v) is 12.2. The summed E-state index contributed by atoms with van der Waals surface area (Å²) in [5.74, 6) is 0.252. The van der Waals surface area contributed by atoms with E-state index in [-0.39, 0.29) is 18.4 Å². The smallest absolute Gasteiger partial charge is 0.277 e. The number of thiophene rings is 1. The molecule has 0 radical (unpaired) electrons. The van der Waals surface area contributed by atoms with E-state index < -0.39 is 5.54 Å². The lowest BCUT2D eigenvalue weighted by atomic mass is 9.93. The van der Waals surface area contributed by atoms with Crippen molar-refractivity contribution in [3.8, 4) is 16.3 Å². The minimum atomic E-state index is -1.18. The number of anilines is 1. The van der Waals surface area contributed by atoms with Crippen LogP contribution >= 0.6 is 11.3 Å². The molecule has 178 valence electrons. The van der Waals surface area contributed by atoms with Crippen molar-refractivity contribution in [2.45, 2.75) is 32.5 Å². The second kappa shape index (κ2) is 9.03. The maximum Gasteiger partial charge on any atom is 0.277 e. The van der Waals surface area contributed by atoms with Crippen LogP contribution in [0.2, 0.25) is 0 Å². The molecule has 1 aliphatic rings. The van der Waals surface area contributed by atoms with E-state index in [0.717, 1.165) is 27.4 Å². The number of carbonyl (C=O) groups excluding carboxylic acids is 2. The van der Waals surface area contributed by atoms with Gasteiger partial charge < -0.3 is 10.1 Å². The van der Waals surface area contributed by atoms with Gasteiger partial charge in [0.1, 0.15) is 22.7 Å². The number of rotatable bonds is 6.